The average molecular weight is 384 g/mol. The van der Waals surface area contributed by atoms with E-state index in [0.717, 1.165) is 50.1 Å². The molecule has 2 aromatic rings. The average Bonchev–Trinajstić information content (AvgIpc) is 2.87. The van der Waals surface area contributed by atoms with Gasteiger partial charge in [-0.25, -0.2) is 4.39 Å². The molecule has 0 aromatic heterocycles. The van der Waals surface area contributed by atoms with Crippen LogP contribution in [0.25, 0.3) is 0 Å². The van der Waals surface area contributed by atoms with E-state index in [1.54, 1.807) is 6.07 Å². The van der Waals surface area contributed by atoms with Crippen LogP contribution in [0.3, 0.4) is 0 Å². The van der Waals surface area contributed by atoms with Gasteiger partial charge in [-0.2, -0.15) is 0 Å². The molecule has 1 heterocycles. The lowest BCUT2D eigenvalue weighted by Gasteiger charge is -2.26. The van der Waals surface area contributed by atoms with Crippen molar-refractivity contribution in [1.82, 2.24) is 5.32 Å². The quantitative estimate of drug-likeness (QED) is 0.787. The molecule has 4 nitrogen and oxygen atoms in total. The van der Waals surface area contributed by atoms with E-state index in [0.29, 0.717) is 6.54 Å². The lowest BCUT2D eigenvalue weighted by atomic mass is 10.1. The zero-order chi connectivity index (χ0) is 19.9. The molecule has 0 fully saturated rings. The summed E-state index contributed by atoms with van der Waals surface area (Å²) in [4.78, 5) is 16.8. The van der Waals surface area contributed by atoms with E-state index in [-0.39, 0.29) is 18.3 Å². The minimum absolute atomic E-state index is 0.0163. The largest absolute Gasteiger partial charge is 0.370 e. The second-order valence-corrected chi connectivity index (χ2v) is 7.42. The van der Waals surface area contributed by atoms with Gasteiger partial charge in [0.1, 0.15) is 5.82 Å². The molecule has 5 heteroatoms. The standard InChI is InChI=1S/C23H30FN3O/c1-3-26(21-9-6-7-18(2)15-21)14-12-25-23(28)17-27-13-5-4-8-19-10-11-20(24)16-22(19)27/h6-7,9-11,15-16H,3-5,8,12-14,17H2,1-2H3,(H,25,28). The van der Waals surface area contributed by atoms with Crippen LogP contribution < -0.4 is 15.1 Å². The Morgan fingerprint density at radius 2 is 2.07 bits per heavy atom. The number of carbonyl (C=O) groups excluding carboxylic acids is 1. The number of hydrogen-bond acceptors (Lipinski definition) is 3. The van der Waals surface area contributed by atoms with Crippen LogP contribution in [0.2, 0.25) is 0 Å². The van der Waals surface area contributed by atoms with E-state index in [2.05, 4.69) is 48.3 Å². The van der Waals surface area contributed by atoms with Gasteiger partial charge in [-0.1, -0.05) is 18.2 Å². The van der Waals surface area contributed by atoms with Crippen molar-refractivity contribution in [1.29, 1.82) is 0 Å². The van der Waals surface area contributed by atoms with Crippen molar-refractivity contribution >= 4 is 17.3 Å². The highest BCUT2D eigenvalue weighted by molar-refractivity contribution is 5.81. The van der Waals surface area contributed by atoms with Crippen LogP contribution in [-0.4, -0.2) is 38.6 Å². The summed E-state index contributed by atoms with van der Waals surface area (Å²) in [6, 6.07) is 13.3. The Morgan fingerprint density at radius 1 is 1.21 bits per heavy atom. The summed E-state index contributed by atoms with van der Waals surface area (Å²) in [5.41, 5.74) is 4.40. The molecular formula is C23H30FN3O. The number of anilines is 2. The maximum atomic E-state index is 13.7. The van der Waals surface area contributed by atoms with Gasteiger partial charge in [-0.05, 0) is 68.5 Å². The van der Waals surface area contributed by atoms with E-state index in [9.17, 15) is 9.18 Å². The molecule has 0 bridgehead atoms. The summed E-state index contributed by atoms with van der Waals surface area (Å²) in [7, 11) is 0. The first-order valence-corrected chi connectivity index (χ1v) is 10.2. The number of fused-ring (bicyclic) bond motifs is 1. The van der Waals surface area contributed by atoms with Gasteiger partial charge in [0, 0.05) is 37.6 Å². The molecule has 28 heavy (non-hydrogen) atoms. The van der Waals surface area contributed by atoms with E-state index in [1.165, 1.54) is 17.3 Å². The van der Waals surface area contributed by atoms with Gasteiger partial charge in [0.25, 0.3) is 0 Å². The molecule has 0 saturated carbocycles. The highest BCUT2D eigenvalue weighted by atomic mass is 19.1. The van der Waals surface area contributed by atoms with Crippen LogP contribution in [0.5, 0.6) is 0 Å². The van der Waals surface area contributed by atoms with Crippen molar-refractivity contribution in [3.05, 3.63) is 59.4 Å². The molecule has 150 valence electrons. The summed E-state index contributed by atoms with van der Waals surface area (Å²) in [6.07, 6.45) is 3.02. The molecule has 0 unspecified atom stereocenters. The van der Waals surface area contributed by atoms with Crippen LogP contribution in [0, 0.1) is 12.7 Å². The number of carbonyl (C=O) groups is 1. The maximum absolute atomic E-state index is 13.7. The number of rotatable bonds is 7. The second kappa shape index (κ2) is 9.58. The first-order valence-electron chi connectivity index (χ1n) is 10.2. The van der Waals surface area contributed by atoms with Crippen molar-refractivity contribution in [3.63, 3.8) is 0 Å². The van der Waals surface area contributed by atoms with Crippen LogP contribution in [0.1, 0.15) is 30.9 Å². The Morgan fingerprint density at radius 3 is 2.86 bits per heavy atom. The first-order chi connectivity index (χ1) is 13.6. The number of halogens is 1. The molecule has 1 aliphatic rings. The molecule has 1 aliphatic heterocycles. The zero-order valence-corrected chi connectivity index (χ0v) is 16.9. The van der Waals surface area contributed by atoms with Crippen molar-refractivity contribution in [2.75, 3.05) is 42.5 Å². The van der Waals surface area contributed by atoms with Gasteiger partial charge in [0.05, 0.1) is 6.54 Å². The smallest absolute Gasteiger partial charge is 0.239 e. The number of nitrogens with zero attached hydrogens (tertiary/aromatic N) is 2. The monoisotopic (exact) mass is 383 g/mol. The van der Waals surface area contributed by atoms with E-state index in [4.69, 9.17) is 0 Å². The van der Waals surface area contributed by atoms with Crippen LogP contribution >= 0.6 is 0 Å². The summed E-state index contributed by atoms with van der Waals surface area (Å²) in [5.74, 6) is -0.264. The van der Waals surface area contributed by atoms with Gasteiger partial charge >= 0.3 is 0 Å². The predicted octanol–water partition coefficient (Wildman–Crippen LogP) is 3.92. The molecule has 0 radical (unpaired) electrons. The normalized spacial score (nSPS) is 13.6. The molecule has 0 saturated heterocycles. The fourth-order valence-electron chi connectivity index (χ4n) is 3.80. The van der Waals surface area contributed by atoms with Crippen LogP contribution in [0.15, 0.2) is 42.5 Å². The fourth-order valence-corrected chi connectivity index (χ4v) is 3.80. The van der Waals surface area contributed by atoms with Crippen LogP contribution in [-0.2, 0) is 11.2 Å². The highest BCUT2D eigenvalue weighted by Crippen LogP contribution is 2.27. The van der Waals surface area contributed by atoms with Crippen molar-refractivity contribution in [2.24, 2.45) is 0 Å². The Balaban J connectivity index is 1.55. The number of aryl methyl sites for hydroxylation is 2. The SMILES string of the molecule is CCN(CCNC(=O)CN1CCCCc2ccc(F)cc21)c1cccc(C)c1. The molecule has 0 spiro atoms. The number of amides is 1. The van der Waals surface area contributed by atoms with Crippen molar-refractivity contribution in [3.8, 4) is 0 Å². The molecule has 1 amide bonds. The molecule has 3 rings (SSSR count). The van der Waals surface area contributed by atoms with Crippen molar-refractivity contribution < 1.29 is 9.18 Å². The maximum Gasteiger partial charge on any atom is 0.239 e. The third-order valence-corrected chi connectivity index (χ3v) is 5.30. The fraction of sp³-hybridized carbons (Fsp3) is 0.435. The summed E-state index contributed by atoms with van der Waals surface area (Å²) in [6.45, 7) is 7.49. The Kier molecular flexibility index (Phi) is 6.90. The Bertz CT molecular complexity index is 808. The zero-order valence-electron chi connectivity index (χ0n) is 16.9. The van der Waals surface area contributed by atoms with Crippen LogP contribution in [0.4, 0.5) is 15.8 Å². The van der Waals surface area contributed by atoms with Gasteiger partial charge < -0.3 is 15.1 Å². The van der Waals surface area contributed by atoms with Gasteiger partial charge in [-0.3, -0.25) is 4.79 Å². The van der Waals surface area contributed by atoms with E-state index < -0.39 is 0 Å². The molecule has 0 aliphatic carbocycles. The number of nitrogens with one attached hydrogen (secondary N) is 1. The Labute approximate surface area is 167 Å². The topological polar surface area (TPSA) is 35.6 Å². The lowest BCUT2D eigenvalue weighted by molar-refractivity contribution is -0.119. The summed E-state index contributed by atoms with van der Waals surface area (Å²) < 4.78 is 13.7. The van der Waals surface area contributed by atoms with E-state index >= 15 is 0 Å². The molecular weight excluding hydrogens is 353 g/mol. The molecule has 0 atom stereocenters. The van der Waals surface area contributed by atoms with Gasteiger partial charge in [-0.15, -0.1) is 0 Å². The van der Waals surface area contributed by atoms with Gasteiger partial charge in [0.15, 0.2) is 0 Å². The number of benzene rings is 2. The first kappa shape index (κ1) is 20.2. The summed E-state index contributed by atoms with van der Waals surface area (Å²) in [5, 5.41) is 3.03. The number of hydrogen-bond donors (Lipinski definition) is 1. The molecule has 1 N–H and O–H groups in total. The predicted molar refractivity (Wildman–Crippen MR) is 114 cm³/mol. The Hall–Kier alpha value is -2.56. The molecule has 2 aromatic carbocycles. The third-order valence-electron chi connectivity index (χ3n) is 5.30. The third kappa shape index (κ3) is 5.24. The lowest BCUT2D eigenvalue weighted by Crippen LogP contribution is -2.41. The number of likely N-dealkylation sites (N-methyl/N-ethyl adjacent to an activating group) is 1. The second-order valence-electron chi connectivity index (χ2n) is 7.42. The van der Waals surface area contributed by atoms with E-state index in [1.807, 2.05) is 11.0 Å². The summed E-state index contributed by atoms with van der Waals surface area (Å²) >= 11 is 0. The van der Waals surface area contributed by atoms with Gasteiger partial charge in [0.2, 0.25) is 5.91 Å². The highest BCUT2D eigenvalue weighted by Gasteiger charge is 2.18. The minimum atomic E-state index is -0.247. The van der Waals surface area contributed by atoms with Crippen molar-refractivity contribution in [2.45, 2.75) is 33.1 Å². The minimum Gasteiger partial charge on any atom is -0.370 e.